The average Bonchev–Trinajstić information content (AvgIpc) is 2.42. The van der Waals surface area contributed by atoms with Gasteiger partial charge in [-0.2, -0.15) is 0 Å². The van der Waals surface area contributed by atoms with E-state index >= 15 is 0 Å². The van der Waals surface area contributed by atoms with E-state index in [9.17, 15) is 0 Å². The molecule has 96 valence electrons. The molecule has 0 atom stereocenters. The van der Waals surface area contributed by atoms with E-state index in [1.54, 1.807) is 24.3 Å². The van der Waals surface area contributed by atoms with Gasteiger partial charge in [-0.3, -0.25) is 0 Å². The van der Waals surface area contributed by atoms with E-state index in [0.29, 0.717) is 18.1 Å². The fourth-order valence-corrected chi connectivity index (χ4v) is 1.15. The molecule has 0 saturated heterocycles. The summed E-state index contributed by atoms with van der Waals surface area (Å²) < 4.78 is 10.8. The molecule has 2 N–H and O–H groups in total. The van der Waals surface area contributed by atoms with Crippen LogP contribution in [0.2, 0.25) is 0 Å². The highest BCUT2D eigenvalue weighted by Crippen LogP contribution is 2.26. The second-order valence-electron chi connectivity index (χ2n) is 3.17. The lowest BCUT2D eigenvalue weighted by Gasteiger charge is -2.10. The lowest BCUT2D eigenvalue weighted by molar-refractivity contribution is 0.297. The molecule has 0 aliphatic heterocycles. The fraction of sp³-hybridized carbons (Fsp3) is 0.167. The molecule has 0 aromatic heterocycles. The van der Waals surface area contributed by atoms with Crippen molar-refractivity contribution < 1.29 is 19.9 Å². The molecular weight excluding hydrogens is 236 g/mol. The third-order valence-electron chi connectivity index (χ3n) is 1.92. The van der Waals surface area contributed by atoms with E-state index < -0.39 is 0 Å². The minimum Gasteiger partial charge on any atom is -0.486 e. The summed E-state index contributed by atoms with van der Waals surface area (Å²) in [5, 5.41) is 22.6. The highest BCUT2D eigenvalue weighted by atomic mass is 16.5. The zero-order chi connectivity index (χ0) is 13.2. The number of benzene rings is 1. The number of oxime groups is 2. The standard InChI is InChI=1S/C12H14N2O4/c1-2-7-17-11-5-3-4-6-12(11)18-9-10(14-16)8-13-15/h2-6,8,15-16H,1,7,9H2/b13-8+,14-10-. The second-order valence-corrected chi connectivity index (χ2v) is 3.17. The first-order valence-electron chi connectivity index (χ1n) is 5.15. The van der Waals surface area contributed by atoms with Crippen LogP contribution in [-0.4, -0.2) is 35.6 Å². The van der Waals surface area contributed by atoms with Crippen molar-refractivity contribution >= 4 is 11.9 Å². The summed E-state index contributed by atoms with van der Waals surface area (Å²) in [5.41, 5.74) is 0.0797. The predicted octanol–water partition coefficient (Wildman–Crippen LogP) is 1.92. The molecule has 18 heavy (non-hydrogen) atoms. The first-order chi connectivity index (χ1) is 8.81. The van der Waals surface area contributed by atoms with Gasteiger partial charge in [-0.15, -0.1) is 0 Å². The van der Waals surface area contributed by atoms with Crippen LogP contribution >= 0.6 is 0 Å². The van der Waals surface area contributed by atoms with Crippen LogP contribution in [-0.2, 0) is 0 Å². The van der Waals surface area contributed by atoms with Crippen LogP contribution in [0.5, 0.6) is 11.5 Å². The Morgan fingerprint density at radius 3 is 2.44 bits per heavy atom. The maximum Gasteiger partial charge on any atom is 0.161 e. The Kier molecular flexibility index (Phi) is 5.82. The SMILES string of the molecule is C=CCOc1ccccc1OCC(/C=N/O)=N\O. The highest BCUT2D eigenvalue weighted by molar-refractivity contribution is 6.30. The van der Waals surface area contributed by atoms with Gasteiger partial charge in [-0.25, -0.2) is 0 Å². The molecular formula is C12H14N2O4. The van der Waals surface area contributed by atoms with Crippen molar-refractivity contribution in [1.29, 1.82) is 0 Å². The molecule has 0 aliphatic carbocycles. The summed E-state index contributed by atoms with van der Waals surface area (Å²) in [6.07, 6.45) is 2.60. The fourth-order valence-electron chi connectivity index (χ4n) is 1.15. The van der Waals surface area contributed by atoms with Crippen LogP contribution < -0.4 is 9.47 Å². The molecule has 6 heteroatoms. The first-order valence-corrected chi connectivity index (χ1v) is 5.15. The van der Waals surface area contributed by atoms with E-state index in [-0.39, 0.29) is 12.3 Å². The molecule has 1 aromatic carbocycles. The highest BCUT2D eigenvalue weighted by Gasteiger charge is 2.05. The van der Waals surface area contributed by atoms with Gasteiger partial charge >= 0.3 is 0 Å². The summed E-state index contributed by atoms with van der Waals surface area (Å²) in [6.45, 7) is 3.87. The molecule has 0 amide bonds. The van der Waals surface area contributed by atoms with Crippen molar-refractivity contribution in [3.05, 3.63) is 36.9 Å². The summed E-state index contributed by atoms with van der Waals surface area (Å²) in [4.78, 5) is 0. The van der Waals surface area contributed by atoms with Gasteiger partial charge in [0.25, 0.3) is 0 Å². The van der Waals surface area contributed by atoms with E-state index in [0.717, 1.165) is 6.21 Å². The molecule has 0 saturated carbocycles. The van der Waals surface area contributed by atoms with Crippen molar-refractivity contribution in [3.63, 3.8) is 0 Å². The minimum atomic E-state index is -0.0466. The van der Waals surface area contributed by atoms with Crippen LogP contribution in [0.4, 0.5) is 0 Å². The summed E-state index contributed by atoms with van der Waals surface area (Å²) in [5.74, 6) is 1.04. The summed E-state index contributed by atoms with van der Waals surface area (Å²) in [7, 11) is 0. The topological polar surface area (TPSA) is 83.6 Å². The van der Waals surface area contributed by atoms with Crippen molar-refractivity contribution in [3.8, 4) is 11.5 Å². The third-order valence-corrected chi connectivity index (χ3v) is 1.92. The van der Waals surface area contributed by atoms with Gasteiger partial charge < -0.3 is 19.9 Å². The Morgan fingerprint density at radius 2 is 1.89 bits per heavy atom. The van der Waals surface area contributed by atoms with Crippen LogP contribution in [0, 0.1) is 0 Å². The Hall–Kier alpha value is -2.50. The maximum absolute atomic E-state index is 8.61. The van der Waals surface area contributed by atoms with Crippen LogP contribution in [0.15, 0.2) is 47.2 Å². The van der Waals surface area contributed by atoms with Gasteiger partial charge in [0.2, 0.25) is 0 Å². The van der Waals surface area contributed by atoms with Crippen LogP contribution in [0.25, 0.3) is 0 Å². The number of ether oxygens (including phenoxy) is 2. The lowest BCUT2D eigenvalue weighted by Crippen LogP contribution is -2.13. The average molecular weight is 250 g/mol. The predicted molar refractivity (Wildman–Crippen MR) is 67.1 cm³/mol. The molecule has 0 spiro atoms. The largest absolute Gasteiger partial charge is 0.486 e. The quantitative estimate of drug-likeness (QED) is 0.335. The summed E-state index contributed by atoms with van der Waals surface area (Å²) >= 11 is 0. The first kappa shape index (κ1) is 13.6. The number of nitrogens with zero attached hydrogens (tertiary/aromatic N) is 2. The van der Waals surface area contributed by atoms with Crippen LogP contribution in [0.1, 0.15) is 0 Å². The Morgan fingerprint density at radius 1 is 1.22 bits per heavy atom. The van der Waals surface area contributed by atoms with Gasteiger partial charge in [0, 0.05) is 0 Å². The Labute approximate surface area is 104 Å². The van der Waals surface area contributed by atoms with Gasteiger partial charge in [0.15, 0.2) is 11.5 Å². The maximum atomic E-state index is 8.61. The molecule has 0 bridgehead atoms. The molecule has 6 nitrogen and oxygen atoms in total. The molecule has 0 heterocycles. The van der Waals surface area contributed by atoms with Gasteiger partial charge in [0.05, 0.1) is 6.21 Å². The monoisotopic (exact) mass is 250 g/mol. The van der Waals surface area contributed by atoms with Gasteiger partial charge in [-0.1, -0.05) is 35.1 Å². The van der Waals surface area contributed by atoms with E-state index in [1.165, 1.54) is 0 Å². The van der Waals surface area contributed by atoms with Crippen molar-refractivity contribution in [2.45, 2.75) is 0 Å². The van der Waals surface area contributed by atoms with Crippen LogP contribution in [0.3, 0.4) is 0 Å². The molecule has 0 radical (unpaired) electrons. The van der Waals surface area contributed by atoms with Crippen molar-refractivity contribution in [2.75, 3.05) is 13.2 Å². The lowest BCUT2D eigenvalue weighted by atomic mass is 10.3. The van der Waals surface area contributed by atoms with Crippen molar-refractivity contribution in [1.82, 2.24) is 0 Å². The normalized spacial score (nSPS) is 11.4. The Bertz CT molecular complexity index is 443. The zero-order valence-electron chi connectivity index (χ0n) is 9.69. The third kappa shape index (κ3) is 4.17. The summed E-state index contributed by atoms with van der Waals surface area (Å²) in [6, 6.07) is 7.05. The van der Waals surface area contributed by atoms with E-state index in [2.05, 4.69) is 16.9 Å². The smallest absolute Gasteiger partial charge is 0.161 e. The second kappa shape index (κ2) is 7.72. The molecule has 1 aromatic rings. The molecule has 0 aliphatic rings. The zero-order valence-corrected chi connectivity index (χ0v) is 9.69. The number of hydrogen-bond acceptors (Lipinski definition) is 6. The molecule has 1 rings (SSSR count). The van der Waals surface area contributed by atoms with Gasteiger partial charge in [-0.05, 0) is 12.1 Å². The molecule has 0 unspecified atom stereocenters. The van der Waals surface area contributed by atoms with E-state index in [4.69, 9.17) is 19.9 Å². The number of hydrogen-bond donors (Lipinski definition) is 2. The molecule has 0 fully saturated rings. The Balaban J connectivity index is 2.68. The van der Waals surface area contributed by atoms with Crippen molar-refractivity contribution in [2.24, 2.45) is 10.3 Å². The minimum absolute atomic E-state index is 0.0466. The van der Waals surface area contributed by atoms with Gasteiger partial charge in [0.1, 0.15) is 18.9 Å². The number of para-hydroxylation sites is 2. The number of rotatable bonds is 7. The van der Waals surface area contributed by atoms with E-state index in [1.807, 2.05) is 6.07 Å².